The molecule has 0 unspecified atom stereocenters. The minimum Gasteiger partial charge on any atom is -0.492 e. The molecular formula is C27H29NO2. The van der Waals surface area contributed by atoms with Crippen molar-refractivity contribution >= 4 is 17.4 Å². The zero-order chi connectivity index (χ0) is 21.3. The Morgan fingerprint density at radius 2 is 1.43 bits per heavy atom. The number of allylic oxidation sites excluding steroid dienone is 1. The lowest BCUT2D eigenvalue weighted by molar-refractivity contribution is 0.112. The maximum atomic E-state index is 11.1. The molecule has 0 saturated heterocycles. The van der Waals surface area contributed by atoms with Crippen molar-refractivity contribution < 1.29 is 9.53 Å². The van der Waals surface area contributed by atoms with Crippen molar-refractivity contribution in [2.75, 3.05) is 27.2 Å². The van der Waals surface area contributed by atoms with Crippen molar-refractivity contribution in [1.29, 1.82) is 0 Å². The number of nitrogens with zero attached hydrogens (tertiary/aromatic N) is 1. The third-order valence-electron chi connectivity index (χ3n) is 5.06. The molecule has 3 nitrogen and oxygen atoms in total. The predicted octanol–water partition coefficient (Wildman–Crippen LogP) is 5.81. The van der Waals surface area contributed by atoms with Crippen LogP contribution in [0.25, 0.3) is 11.1 Å². The van der Waals surface area contributed by atoms with Crippen LogP contribution in [0.15, 0.2) is 78.9 Å². The monoisotopic (exact) mass is 399 g/mol. The summed E-state index contributed by atoms with van der Waals surface area (Å²) in [5, 5.41) is 0. The molecule has 0 amide bonds. The Bertz CT molecular complexity index is 972. The molecule has 3 aromatic carbocycles. The van der Waals surface area contributed by atoms with Crippen molar-refractivity contribution in [3.8, 4) is 5.75 Å². The molecule has 0 N–H and O–H groups in total. The predicted molar refractivity (Wildman–Crippen MR) is 125 cm³/mol. The van der Waals surface area contributed by atoms with Gasteiger partial charge in [0.25, 0.3) is 0 Å². The third kappa shape index (κ3) is 5.46. The number of ether oxygens (including phenoxy) is 1. The second-order valence-electron chi connectivity index (χ2n) is 7.49. The maximum absolute atomic E-state index is 11.1. The molecule has 3 heteroatoms. The van der Waals surface area contributed by atoms with Crippen LogP contribution in [0.1, 0.15) is 40.4 Å². The van der Waals surface area contributed by atoms with E-state index in [-0.39, 0.29) is 0 Å². The first-order chi connectivity index (χ1) is 14.6. The molecule has 0 fully saturated rings. The fraction of sp³-hybridized carbons (Fsp3) is 0.222. The van der Waals surface area contributed by atoms with E-state index in [1.165, 1.54) is 16.7 Å². The SMILES string of the molecule is CC/C(=C(\c1ccc(C=O)cc1)c1ccc(OCCN(C)C)cc1)c1ccccc1. The average molecular weight is 400 g/mol. The Balaban J connectivity index is 2.03. The minimum absolute atomic E-state index is 0.659. The molecule has 0 saturated carbocycles. The molecule has 3 rings (SSSR count). The van der Waals surface area contributed by atoms with E-state index >= 15 is 0 Å². The summed E-state index contributed by atoms with van der Waals surface area (Å²) in [7, 11) is 4.07. The highest BCUT2D eigenvalue weighted by Crippen LogP contribution is 2.35. The van der Waals surface area contributed by atoms with Gasteiger partial charge in [-0.05, 0) is 60.5 Å². The zero-order valence-electron chi connectivity index (χ0n) is 18.0. The van der Waals surface area contributed by atoms with Crippen molar-refractivity contribution in [1.82, 2.24) is 4.90 Å². The fourth-order valence-electron chi connectivity index (χ4n) is 3.47. The Hall–Kier alpha value is -3.17. The largest absolute Gasteiger partial charge is 0.492 e. The molecule has 3 aromatic rings. The third-order valence-corrected chi connectivity index (χ3v) is 5.06. The first-order valence-electron chi connectivity index (χ1n) is 10.3. The number of carbonyl (C=O) groups excluding carboxylic acids is 1. The molecule has 0 bridgehead atoms. The minimum atomic E-state index is 0.659. The summed E-state index contributed by atoms with van der Waals surface area (Å²) in [4.78, 5) is 13.2. The van der Waals surface area contributed by atoms with E-state index in [0.717, 1.165) is 36.1 Å². The van der Waals surface area contributed by atoms with Crippen LogP contribution in [0.5, 0.6) is 5.75 Å². The molecule has 0 aliphatic carbocycles. The van der Waals surface area contributed by atoms with E-state index in [1.807, 2.05) is 56.6 Å². The van der Waals surface area contributed by atoms with Crippen LogP contribution in [-0.4, -0.2) is 38.4 Å². The Kier molecular flexibility index (Phi) is 7.58. The summed E-state index contributed by atoms with van der Waals surface area (Å²) >= 11 is 0. The summed E-state index contributed by atoms with van der Waals surface area (Å²) in [5.74, 6) is 0.869. The van der Waals surface area contributed by atoms with Gasteiger partial charge in [0.15, 0.2) is 0 Å². The number of rotatable bonds is 9. The number of hydrogen-bond donors (Lipinski definition) is 0. The normalized spacial score (nSPS) is 11.9. The van der Waals surface area contributed by atoms with Gasteiger partial charge >= 0.3 is 0 Å². The van der Waals surface area contributed by atoms with Gasteiger partial charge in [0.05, 0.1) is 0 Å². The standard InChI is InChI=1S/C27H29NO2/c1-4-26(22-8-6-5-7-9-22)27(23-12-10-21(20-29)11-13-23)24-14-16-25(17-15-24)30-19-18-28(2)3/h5-17,20H,4,18-19H2,1-3H3/b27-26-. The van der Waals surface area contributed by atoms with Gasteiger partial charge in [-0.3, -0.25) is 4.79 Å². The van der Waals surface area contributed by atoms with Gasteiger partial charge in [-0.25, -0.2) is 0 Å². The average Bonchev–Trinajstić information content (AvgIpc) is 2.78. The summed E-state index contributed by atoms with van der Waals surface area (Å²) in [6.07, 6.45) is 1.78. The number of aldehydes is 1. The summed E-state index contributed by atoms with van der Waals surface area (Å²) in [5.41, 5.74) is 6.58. The van der Waals surface area contributed by atoms with Crippen molar-refractivity contribution in [3.63, 3.8) is 0 Å². The van der Waals surface area contributed by atoms with Crippen molar-refractivity contribution in [2.45, 2.75) is 13.3 Å². The molecule has 0 atom stereocenters. The van der Waals surface area contributed by atoms with Crippen LogP contribution in [-0.2, 0) is 0 Å². The van der Waals surface area contributed by atoms with E-state index in [4.69, 9.17) is 4.74 Å². The second kappa shape index (κ2) is 10.6. The first kappa shape index (κ1) is 21.5. The van der Waals surface area contributed by atoms with Crippen LogP contribution >= 0.6 is 0 Å². The lowest BCUT2D eigenvalue weighted by Crippen LogP contribution is -2.19. The van der Waals surface area contributed by atoms with Gasteiger partial charge < -0.3 is 9.64 Å². The highest BCUT2D eigenvalue weighted by molar-refractivity contribution is 5.98. The Labute approximate surface area is 179 Å². The van der Waals surface area contributed by atoms with Crippen LogP contribution in [0, 0.1) is 0 Å². The van der Waals surface area contributed by atoms with Crippen LogP contribution < -0.4 is 4.74 Å². The molecule has 30 heavy (non-hydrogen) atoms. The fourth-order valence-corrected chi connectivity index (χ4v) is 3.47. The molecule has 0 aliphatic heterocycles. The van der Waals surface area contributed by atoms with E-state index in [9.17, 15) is 4.79 Å². The van der Waals surface area contributed by atoms with Gasteiger partial charge in [0, 0.05) is 12.1 Å². The number of hydrogen-bond acceptors (Lipinski definition) is 3. The summed E-state index contributed by atoms with van der Waals surface area (Å²) in [6.45, 7) is 3.72. The number of benzene rings is 3. The Morgan fingerprint density at radius 3 is 1.97 bits per heavy atom. The number of carbonyl (C=O) groups is 1. The number of likely N-dealkylation sites (N-methyl/N-ethyl adjacent to an activating group) is 1. The lowest BCUT2D eigenvalue weighted by atomic mass is 9.88. The molecule has 0 aromatic heterocycles. The van der Waals surface area contributed by atoms with E-state index in [0.29, 0.717) is 12.2 Å². The second-order valence-corrected chi connectivity index (χ2v) is 7.49. The van der Waals surface area contributed by atoms with Gasteiger partial charge in [0.1, 0.15) is 18.6 Å². The van der Waals surface area contributed by atoms with Gasteiger partial charge in [-0.15, -0.1) is 0 Å². The topological polar surface area (TPSA) is 29.5 Å². The van der Waals surface area contributed by atoms with Crippen LogP contribution in [0.4, 0.5) is 0 Å². The highest BCUT2D eigenvalue weighted by Gasteiger charge is 2.13. The molecule has 0 aliphatic rings. The van der Waals surface area contributed by atoms with E-state index in [2.05, 4.69) is 48.2 Å². The molecular weight excluding hydrogens is 370 g/mol. The van der Waals surface area contributed by atoms with Gasteiger partial charge in [-0.1, -0.05) is 73.7 Å². The van der Waals surface area contributed by atoms with Crippen molar-refractivity contribution in [2.24, 2.45) is 0 Å². The highest BCUT2D eigenvalue weighted by atomic mass is 16.5. The lowest BCUT2D eigenvalue weighted by Gasteiger charge is -2.17. The zero-order valence-corrected chi connectivity index (χ0v) is 18.0. The van der Waals surface area contributed by atoms with Gasteiger partial charge in [0.2, 0.25) is 0 Å². The van der Waals surface area contributed by atoms with E-state index in [1.54, 1.807) is 0 Å². The molecule has 0 radical (unpaired) electrons. The molecule has 154 valence electrons. The summed E-state index contributed by atoms with van der Waals surface area (Å²) in [6, 6.07) is 26.6. The van der Waals surface area contributed by atoms with Crippen molar-refractivity contribution in [3.05, 3.63) is 101 Å². The quantitative estimate of drug-likeness (QED) is 0.336. The summed E-state index contributed by atoms with van der Waals surface area (Å²) < 4.78 is 5.86. The maximum Gasteiger partial charge on any atom is 0.150 e. The first-order valence-corrected chi connectivity index (χ1v) is 10.3. The molecule has 0 heterocycles. The smallest absolute Gasteiger partial charge is 0.150 e. The van der Waals surface area contributed by atoms with E-state index < -0.39 is 0 Å². The van der Waals surface area contributed by atoms with Crippen LogP contribution in [0.2, 0.25) is 0 Å². The van der Waals surface area contributed by atoms with Gasteiger partial charge in [-0.2, -0.15) is 0 Å². The Morgan fingerprint density at radius 1 is 0.833 bits per heavy atom. The molecule has 0 spiro atoms. The van der Waals surface area contributed by atoms with Crippen LogP contribution in [0.3, 0.4) is 0 Å².